The Kier molecular flexibility index (Phi) is 5.96. The van der Waals surface area contributed by atoms with Crippen LogP contribution in [0.25, 0.3) is 0 Å². The topological polar surface area (TPSA) is 65.5 Å². The first kappa shape index (κ1) is 18.9. The summed E-state index contributed by atoms with van der Waals surface area (Å²) in [5.74, 6) is -0.834. The summed E-state index contributed by atoms with van der Waals surface area (Å²) >= 11 is 11.7. The molecule has 0 spiro atoms. The summed E-state index contributed by atoms with van der Waals surface area (Å²) in [7, 11) is 0. The van der Waals surface area contributed by atoms with Crippen LogP contribution in [0.1, 0.15) is 28.9 Å². The number of nitrogens with one attached hydrogen (secondary N) is 1. The molecule has 2 N–H and O–H groups in total. The van der Waals surface area contributed by atoms with E-state index in [4.69, 9.17) is 23.2 Å². The lowest BCUT2D eigenvalue weighted by Gasteiger charge is -2.31. The maximum atomic E-state index is 14.4. The molecule has 1 fully saturated rings. The highest BCUT2D eigenvalue weighted by molar-refractivity contribution is 6.34. The van der Waals surface area contributed by atoms with E-state index in [2.05, 4.69) is 10.3 Å². The number of anilines is 1. The minimum absolute atomic E-state index is 0.0307. The predicted molar refractivity (Wildman–Crippen MR) is 99.3 cm³/mol. The van der Waals surface area contributed by atoms with Crippen LogP contribution >= 0.6 is 23.2 Å². The van der Waals surface area contributed by atoms with Crippen LogP contribution in [-0.4, -0.2) is 35.2 Å². The van der Waals surface area contributed by atoms with E-state index < -0.39 is 5.91 Å². The van der Waals surface area contributed by atoms with Gasteiger partial charge in [-0.3, -0.25) is 4.79 Å². The maximum Gasteiger partial charge on any atom is 0.271 e. The van der Waals surface area contributed by atoms with Crippen molar-refractivity contribution >= 4 is 34.8 Å². The molecule has 0 radical (unpaired) electrons. The van der Waals surface area contributed by atoms with Gasteiger partial charge in [-0.25, -0.2) is 9.37 Å². The SMILES string of the molecule is O=C(NCc1ccc(N2CCC(O)CC2)c(F)c1)c1nc(Cl)ccc1Cl. The number of benzene rings is 1. The number of carbonyl (C=O) groups excluding carboxylic acids is 1. The third-order valence-corrected chi connectivity index (χ3v) is 4.81. The first-order valence-corrected chi connectivity index (χ1v) is 9.01. The highest BCUT2D eigenvalue weighted by Crippen LogP contribution is 2.24. The molecule has 3 rings (SSSR count). The Balaban J connectivity index is 1.64. The van der Waals surface area contributed by atoms with Crippen molar-refractivity contribution in [2.45, 2.75) is 25.5 Å². The second kappa shape index (κ2) is 8.20. The fraction of sp³-hybridized carbons (Fsp3) is 0.333. The lowest BCUT2D eigenvalue weighted by molar-refractivity contribution is 0.0946. The molecule has 138 valence electrons. The zero-order valence-electron chi connectivity index (χ0n) is 13.9. The maximum absolute atomic E-state index is 14.4. The lowest BCUT2D eigenvalue weighted by atomic mass is 10.1. The standard InChI is InChI=1S/C18H18Cl2FN3O2/c19-13-2-4-16(20)23-17(13)18(26)22-10-11-1-3-15(14(21)9-11)24-7-5-12(25)6-8-24/h1-4,9,12,25H,5-8,10H2,(H,22,26). The number of piperidine rings is 1. The molecule has 0 atom stereocenters. The molecule has 0 aliphatic carbocycles. The molecule has 5 nitrogen and oxygen atoms in total. The molecule has 1 amide bonds. The number of pyridine rings is 1. The number of hydrogen-bond acceptors (Lipinski definition) is 4. The summed E-state index contributed by atoms with van der Waals surface area (Å²) < 4.78 is 14.4. The Labute approximate surface area is 160 Å². The second-order valence-corrected chi connectivity index (χ2v) is 6.95. The number of aromatic nitrogens is 1. The van der Waals surface area contributed by atoms with Crippen LogP contribution in [0.4, 0.5) is 10.1 Å². The Morgan fingerprint density at radius 2 is 2.00 bits per heavy atom. The van der Waals surface area contributed by atoms with Crippen molar-refractivity contribution in [3.63, 3.8) is 0 Å². The van der Waals surface area contributed by atoms with Crippen molar-refractivity contribution in [2.24, 2.45) is 0 Å². The summed E-state index contributed by atoms with van der Waals surface area (Å²) in [5.41, 5.74) is 1.16. The van der Waals surface area contributed by atoms with Crippen LogP contribution in [0.3, 0.4) is 0 Å². The smallest absolute Gasteiger partial charge is 0.271 e. The van der Waals surface area contributed by atoms with E-state index in [0.717, 1.165) is 0 Å². The first-order valence-electron chi connectivity index (χ1n) is 8.25. The molecular formula is C18H18Cl2FN3O2. The summed E-state index contributed by atoms with van der Waals surface area (Å²) in [6.45, 7) is 1.37. The van der Waals surface area contributed by atoms with Gasteiger partial charge in [-0.15, -0.1) is 0 Å². The number of aliphatic hydroxyl groups is 1. The van der Waals surface area contributed by atoms with E-state index in [1.807, 2.05) is 4.90 Å². The third-order valence-electron chi connectivity index (χ3n) is 4.30. The predicted octanol–water partition coefficient (Wildman–Crippen LogP) is 3.42. The number of hydrogen-bond donors (Lipinski definition) is 2. The van der Waals surface area contributed by atoms with E-state index in [-0.39, 0.29) is 34.3 Å². The van der Waals surface area contributed by atoms with Gasteiger partial charge in [0.05, 0.1) is 16.8 Å². The van der Waals surface area contributed by atoms with Crippen LogP contribution in [0.2, 0.25) is 10.2 Å². The number of aliphatic hydroxyl groups excluding tert-OH is 1. The molecule has 2 aromatic rings. The van der Waals surface area contributed by atoms with Crippen LogP contribution < -0.4 is 10.2 Å². The Bertz CT molecular complexity index is 811. The molecule has 26 heavy (non-hydrogen) atoms. The Hall–Kier alpha value is -1.89. The normalized spacial score (nSPS) is 15.2. The van der Waals surface area contributed by atoms with Gasteiger partial charge in [-0.2, -0.15) is 0 Å². The Morgan fingerprint density at radius 3 is 2.69 bits per heavy atom. The first-order chi connectivity index (χ1) is 12.4. The van der Waals surface area contributed by atoms with E-state index in [0.29, 0.717) is 37.2 Å². The van der Waals surface area contributed by atoms with Crippen molar-refractivity contribution in [2.75, 3.05) is 18.0 Å². The average Bonchev–Trinajstić information content (AvgIpc) is 2.63. The zero-order chi connectivity index (χ0) is 18.7. The molecule has 1 aromatic carbocycles. The monoisotopic (exact) mass is 397 g/mol. The molecule has 1 aromatic heterocycles. The highest BCUT2D eigenvalue weighted by Gasteiger charge is 2.20. The molecule has 2 heterocycles. The van der Waals surface area contributed by atoms with Gasteiger partial charge in [-0.05, 0) is 42.7 Å². The van der Waals surface area contributed by atoms with Crippen LogP contribution in [0.15, 0.2) is 30.3 Å². The average molecular weight is 398 g/mol. The fourth-order valence-corrected chi connectivity index (χ4v) is 3.21. The zero-order valence-corrected chi connectivity index (χ0v) is 15.4. The van der Waals surface area contributed by atoms with Crippen molar-refractivity contribution in [1.29, 1.82) is 0 Å². The van der Waals surface area contributed by atoms with Gasteiger partial charge in [0.25, 0.3) is 5.91 Å². The molecule has 1 saturated heterocycles. The number of rotatable bonds is 4. The van der Waals surface area contributed by atoms with Crippen molar-refractivity contribution in [1.82, 2.24) is 10.3 Å². The van der Waals surface area contributed by atoms with Gasteiger partial charge in [0, 0.05) is 19.6 Å². The van der Waals surface area contributed by atoms with E-state index in [9.17, 15) is 14.3 Å². The van der Waals surface area contributed by atoms with Gasteiger partial charge in [0.15, 0.2) is 0 Å². The minimum atomic E-state index is -0.480. The minimum Gasteiger partial charge on any atom is -0.393 e. The van der Waals surface area contributed by atoms with Crippen LogP contribution in [0.5, 0.6) is 0 Å². The third kappa shape index (κ3) is 4.44. The molecule has 0 saturated carbocycles. The number of halogens is 3. The summed E-state index contributed by atoms with van der Waals surface area (Å²) in [4.78, 5) is 18.0. The summed E-state index contributed by atoms with van der Waals surface area (Å²) in [6.07, 6.45) is 0.950. The largest absolute Gasteiger partial charge is 0.393 e. The molecule has 8 heteroatoms. The number of amides is 1. The molecule has 0 unspecified atom stereocenters. The number of carbonyl (C=O) groups is 1. The van der Waals surface area contributed by atoms with Gasteiger partial charge in [0.2, 0.25) is 0 Å². The van der Waals surface area contributed by atoms with Gasteiger partial charge in [-0.1, -0.05) is 29.3 Å². The fourth-order valence-electron chi connectivity index (χ4n) is 2.87. The highest BCUT2D eigenvalue weighted by atomic mass is 35.5. The van der Waals surface area contributed by atoms with Crippen molar-refractivity contribution < 1.29 is 14.3 Å². The lowest BCUT2D eigenvalue weighted by Crippen LogP contribution is -2.36. The summed E-state index contributed by atoms with van der Waals surface area (Å²) in [5, 5.41) is 12.6. The summed E-state index contributed by atoms with van der Waals surface area (Å²) in [6, 6.07) is 7.84. The van der Waals surface area contributed by atoms with E-state index >= 15 is 0 Å². The van der Waals surface area contributed by atoms with E-state index in [1.165, 1.54) is 18.2 Å². The van der Waals surface area contributed by atoms with Gasteiger partial charge < -0.3 is 15.3 Å². The second-order valence-electron chi connectivity index (χ2n) is 6.15. The van der Waals surface area contributed by atoms with E-state index in [1.54, 1.807) is 12.1 Å². The Morgan fingerprint density at radius 1 is 1.27 bits per heavy atom. The van der Waals surface area contributed by atoms with Crippen molar-refractivity contribution in [3.8, 4) is 0 Å². The molecule has 1 aliphatic rings. The van der Waals surface area contributed by atoms with Gasteiger partial charge in [0.1, 0.15) is 16.7 Å². The van der Waals surface area contributed by atoms with Gasteiger partial charge >= 0.3 is 0 Å². The van der Waals surface area contributed by atoms with Crippen LogP contribution in [-0.2, 0) is 6.54 Å². The molecule has 0 bridgehead atoms. The number of nitrogens with zero attached hydrogens (tertiary/aromatic N) is 2. The quantitative estimate of drug-likeness (QED) is 0.775. The molecule has 1 aliphatic heterocycles. The van der Waals surface area contributed by atoms with Crippen LogP contribution in [0, 0.1) is 5.82 Å². The van der Waals surface area contributed by atoms with Crippen molar-refractivity contribution in [3.05, 3.63) is 57.6 Å². The molecular weight excluding hydrogens is 380 g/mol.